The Bertz CT molecular complexity index is 852. The minimum absolute atomic E-state index is 0.171. The normalized spacial score (nSPS) is 26.6. The second-order valence-electron chi connectivity index (χ2n) is 6.48. The minimum Gasteiger partial charge on any atom is -0.368 e. The molecule has 2 aliphatic rings. The van der Waals surface area contributed by atoms with Crippen molar-refractivity contribution in [2.24, 2.45) is 17.6 Å². The lowest BCUT2D eigenvalue weighted by atomic mass is 9.94. The number of fused-ring (bicyclic) bond motifs is 2. The molecule has 0 spiro atoms. The monoisotopic (exact) mass is 314 g/mol. The van der Waals surface area contributed by atoms with Gasteiger partial charge in [0.05, 0.1) is 10.9 Å². The first kappa shape index (κ1) is 14.0. The lowest BCUT2D eigenvalue weighted by Crippen LogP contribution is -2.46. The highest BCUT2D eigenvalue weighted by Crippen LogP contribution is 2.42. The summed E-state index contributed by atoms with van der Waals surface area (Å²) in [5, 5.41) is 0.436. The third-order valence-corrected chi connectivity index (χ3v) is 5.23. The third-order valence-electron chi connectivity index (χ3n) is 5.23. The number of carbonyl (C=O) groups excluding carboxylic acids is 2. The van der Waals surface area contributed by atoms with Crippen LogP contribution >= 0.6 is 0 Å². The number of nitrogens with one attached hydrogen (secondary N) is 2. The van der Waals surface area contributed by atoms with E-state index in [-0.39, 0.29) is 17.4 Å². The molecule has 3 heterocycles. The molecule has 1 aliphatic carbocycles. The van der Waals surface area contributed by atoms with Gasteiger partial charge in [-0.1, -0.05) is 6.42 Å². The Morgan fingerprint density at radius 3 is 2.87 bits per heavy atom. The van der Waals surface area contributed by atoms with E-state index < -0.39 is 11.9 Å². The van der Waals surface area contributed by atoms with Crippen molar-refractivity contribution >= 4 is 22.7 Å². The number of nitrogens with zero attached hydrogens (tertiary/aromatic N) is 1. The van der Waals surface area contributed by atoms with E-state index in [0.717, 1.165) is 19.3 Å². The number of pyridine rings is 1. The van der Waals surface area contributed by atoms with Crippen LogP contribution in [-0.2, 0) is 4.79 Å². The highest BCUT2D eigenvalue weighted by Gasteiger charge is 2.48. The van der Waals surface area contributed by atoms with Gasteiger partial charge in [-0.25, -0.2) is 0 Å². The zero-order valence-electron chi connectivity index (χ0n) is 12.5. The largest absolute Gasteiger partial charge is 0.368 e. The first-order valence-corrected chi connectivity index (χ1v) is 7.87. The molecule has 3 unspecified atom stereocenters. The molecule has 0 aromatic carbocycles. The fourth-order valence-electron chi connectivity index (χ4n) is 4.22. The van der Waals surface area contributed by atoms with Gasteiger partial charge < -0.3 is 20.6 Å². The number of amides is 2. The second-order valence-corrected chi connectivity index (χ2v) is 6.48. The molecular weight excluding hydrogens is 296 g/mol. The number of likely N-dealkylation sites (tertiary alicyclic amines) is 1. The Kier molecular flexibility index (Phi) is 3.04. The predicted octanol–water partition coefficient (Wildman–Crippen LogP) is 0.582. The summed E-state index contributed by atoms with van der Waals surface area (Å²) in [5.41, 5.74) is 6.24. The highest BCUT2D eigenvalue weighted by atomic mass is 16.2. The summed E-state index contributed by atoms with van der Waals surface area (Å²) in [6.07, 6.45) is 4.59. The number of hydrogen-bond acceptors (Lipinski definition) is 3. The summed E-state index contributed by atoms with van der Waals surface area (Å²) >= 11 is 0. The van der Waals surface area contributed by atoms with Crippen LogP contribution in [0.3, 0.4) is 0 Å². The Balaban J connectivity index is 1.71. The zero-order valence-corrected chi connectivity index (χ0v) is 12.5. The van der Waals surface area contributed by atoms with Crippen molar-refractivity contribution < 1.29 is 9.59 Å². The first-order chi connectivity index (χ1) is 11.1. The van der Waals surface area contributed by atoms with Crippen molar-refractivity contribution in [3.05, 3.63) is 34.4 Å². The average molecular weight is 314 g/mol. The van der Waals surface area contributed by atoms with Crippen molar-refractivity contribution in [3.63, 3.8) is 0 Å². The van der Waals surface area contributed by atoms with Crippen molar-refractivity contribution in [3.8, 4) is 0 Å². The molecule has 120 valence electrons. The fraction of sp³-hybridized carbons (Fsp3) is 0.438. The van der Waals surface area contributed by atoms with Crippen molar-refractivity contribution in [2.75, 3.05) is 6.54 Å². The summed E-state index contributed by atoms with van der Waals surface area (Å²) in [7, 11) is 0. The van der Waals surface area contributed by atoms with E-state index in [0.29, 0.717) is 29.1 Å². The number of carbonyl (C=O) groups is 2. The number of aromatic amines is 2. The summed E-state index contributed by atoms with van der Waals surface area (Å²) in [4.78, 5) is 43.7. The van der Waals surface area contributed by atoms with E-state index in [4.69, 9.17) is 5.73 Å². The van der Waals surface area contributed by atoms with Crippen LogP contribution in [-0.4, -0.2) is 39.3 Å². The molecule has 2 amide bonds. The Labute approximate surface area is 131 Å². The Morgan fingerprint density at radius 1 is 1.30 bits per heavy atom. The van der Waals surface area contributed by atoms with Gasteiger partial charge in [0, 0.05) is 12.7 Å². The van der Waals surface area contributed by atoms with Gasteiger partial charge in [-0.3, -0.25) is 14.4 Å². The van der Waals surface area contributed by atoms with Crippen LogP contribution in [0, 0.1) is 11.8 Å². The first-order valence-electron chi connectivity index (χ1n) is 7.87. The SMILES string of the molecule is NC(=O)C1C2CCCC2CN1C(=O)c1cc2c(=O)[nH]ccc2[nH]1. The molecule has 4 N–H and O–H groups in total. The maximum absolute atomic E-state index is 12.8. The van der Waals surface area contributed by atoms with E-state index in [1.165, 1.54) is 6.20 Å². The molecule has 7 nitrogen and oxygen atoms in total. The molecule has 0 bridgehead atoms. The van der Waals surface area contributed by atoms with Gasteiger partial charge in [0.15, 0.2) is 0 Å². The quantitative estimate of drug-likeness (QED) is 0.753. The molecule has 1 saturated carbocycles. The van der Waals surface area contributed by atoms with E-state index in [2.05, 4.69) is 9.97 Å². The van der Waals surface area contributed by atoms with Crippen molar-refractivity contribution in [2.45, 2.75) is 25.3 Å². The average Bonchev–Trinajstić information content (AvgIpc) is 3.19. The molecule has 7 heteroatoms. The van der Waals surface area contributed by atoms with E-state index in [1.54, 1.807) is 17.0 Å². The van der Waals surface area contributed by atoms with Gasteiger partial charge >= 0.3 is 0 Å². The number of aromatic nitrogens is 2. The number of rotatable bonds is 2. The number of primary amides is 1. The molecule has 23 heavy (non-hydrogen) atoms. The van der Waals surface area contributed by atoms with E-state index >= 15 is 0 Å². The highest BCUT2D eigenvalue weighted by molar-refractivity contribution is 6.00. The molecule has 4 rings (SSSR count). The van der Waals surface area contributed by atoms with Gasteiger partial charge in [-0.15, -0.1) is 0 Å². The Hall–Kier alpha value is -2.57. The molecule has 2 fully saturated rings. The zero-order chi connectivity index (χ0) is 16.1. The van der Waals surface area contributed by atoms with Gasteiger partial charge in [0.1, 0.15) is 11.7 Å². The van der Waals surface area contributed by atoms with Crippen LogP contribution in [0.1, 0.15) is 29.8 Å². The van der Waals surface area contributed by atoms with Crippen LogP contribution in [0.4, 0.5) is 0 Å². The molecule has 2 aromatic rings. The smallest absolute Gasteiger partial charge is 0.271 e. The number of H-pyrrole nitrogens is 2. The maximum Gasteiger partial charge on any atom is 0.271 e. The maximum atomic E-state index is 12.8. The van der Waals surface area contributed by atoms with Gasteiger partial charge in [0.25, 0.3) is 11.5 Å². The molecule has 3 atom stereocenters. The molecule has 2 aromatic heterocycles. The minimum atomic E-state index is -0.542. The van der Waals surface area contributed by atoms with Gasteiger partial charge in [-0.05, 0) is 36.8 Å². The van der Waals surface area contributed by atoms with Crippen LogP contribution in [0.25, 0.3) is 10.9 Å². The molecule has 1 aliphatic heterocycles. The predicted molar refractivity (Wildman–Crippen MR) is 83.8 cm³/mol. The number of nitrogens with two attached hydrogens (primary N) is 1. The third kappa shape index (κ3) is 2.07. The van der Waals surface area contributed by atoms with Crippen LogP contribution in [0.5, 0.6) is 0 Å². The van der Waals surface area contributed by atoms with Crippen LogP contribution in [0.15, 0.2) is 23.1 Å². The lowest BCUT2D eigenvalue weighted by molar-refractivity contribution is -0.122. The number of hydrogen-bond donors (Lipinski definition) is 3. The van der Waals surface area contributed by atoms with E-state index in [1.807, 2.05) is 0 Å². The second kappa shape index (κ2) is 4.97. The summed E-state index contributed by atoms with van der Waals surface area (Å²) in [6, 6.07) is 2.71. The van der Waals surface area contributed by atoms with Crippen LogP contribution in [0.2, 0.25) is 0 Å². The topological polar surface area (TPSA) is 112 Å². The fourth-order valence-corrected chi connectivity index (χ4v) is 4.22. The van der Waals surface area contributed by atoms with Gasteiger partial charge in [-0.2, -0.15) is 0 Å². The van der Waals surface area contributed by atoms with Crippen LogP contribution < -0.4 is 11.3 Å². The summed E-state index contributed by atoms with van der Waals surface area (Å²) in [5.74, 6) is -0.186. The summed E-state index contributed by atoms with van der Waals surface area (Å²) in [6.45, 7) is 0.558. The van der Waals surface area contributed by atoms with Crippen molar-refractivity contribution in [1.82, 2.24) is 14.9 Å². The van der Waals surface area contributed by atoms with E-state index in [9.17, 15) is 14.4 Å². The van der Waals surface area contributed by atoms with Gasteiger partial charge in [0.2, 0.25) is 5.91 Å². The summed E-state index contributed by atoms with van der Waals surface area (Å²) < 4.78 is 0. The Morgan fingerprint density at radius 2 is 2.13 bits per heavy atom. The van der Waals surface area contributed by atoms with Crippen molar-refractivity contribution in [1.29, 1.82) is 0 Å². The molecule has 1 saturated heterocycles. The molecular formula is C16H18N4O3. The lowest BCUT2D eigenvalue weighted by Gasteiger charge is -2.24. The standard InChI is InChI=1S/C16H18N4O3/c17-14(21)13-9-3-1-2-8(9)7-20(13)16(23)12-6-10-11(19-12)4-5-18-15(10)22/h4-6,8-9,13,19H,1-3,7H2,(H2,17,21)(H,18,22). The molecule has 0 radical (unpaired) electrons.